The van der Waals surface area contributed by atoms with E-state index in [4.69, 9.17) is 0 Å². The molecule has 0 bridgehead atoms. The zero-order valence-corrected chi connectivity index (χ0v) is 9.56. The van der Waals surface area contributed by atoms with E-state index in [1.165, 1.54) is 0 Å². The van der Waals surface area contributed by atoms with Gasteiger partial charge in [-0.05, 0) is 24.3 Å². The molecule has 0 aliphatic rings. The molecule has 2 aromatic heterocycles. The van der Waals surface area contributed by atoms with Gasteiger partial charge in [0.15, 0.2) is 11.6 Å². The Morgan fingerprint density at radius 2 is 2.29 bits per heavy atom. The molecule has 0 spiro atoms. The molecule has 0 saturated carbocycles. The molecule has 2 aromatic rings. The van der Waals surface area contributed by atoms with E-state index in [1.807, 2.05) is 37.5 Å². The van der Waals surface area contributed by atoms with Gasteiger partial charge in [0.05, 0.1) is 0 Å². The summed E-state index contributed by atoms with van der Waals surface area (Å²) in [5.74, 6) is 1.50. The van der Waals surface area contributed by atoms with Gasteiger partial charge in [-0.3, -0.25) is 5.01 Å². The Bertz CT molecular complexity index is 515. The monoisotopic (exact) mass is 227 g/mol. The first kappa shape index (κ1) is 11.1. The number of nitrogens with zero attached hydrogens (tertiary/aromatic N) is 5. The van der Waals surface area contributed by atoms with Crippen LogP contribution in [0.4, 0.5) is 5.82 Å². The van der Waals surface area contributed by atoms with E-state index >= 15 is 0 Å². The van der Waals surface area contributed by atoms with Crippen LogP contribution in [0.15, 0.2) is 54.4 Å². The minimum atomic E-state index is 0.746. The topological polar surface area (TPSA) is 46.3 Å². The van der Waals surface area contributed by atoms with Gasteiger partial charge < -0.3 is 0 Å². The van der Waals surface area contributed by atoms with Gasteiger partial charge >= 0.3 is 0 Å². The summed E-state index contributed by atoms with van der Waals surface area (Å²) in [5, 5.41) is 9.94. The van der Waals surface area contributed by atoms with Crippen molar-refractivity contribution >= 4 is 12.0 Å². The lowest BCUT2D eigenvalue weighted by Gasteiger charge is -2.12. The minimum absolute atomic E-state index is 0.746. The molecule has 5 heteroatoms. The lowest BCUT2D eigenvalue weighted by atomic mass is 10.4. The second-order valence-electron chi connectivity index (χ2n) is 3.33. The van der Waals surface area contributed by atoms with Crippen LogP contribution in [0.2, 0.25) is 0 Å². The number of hydrazone groups is 1. The Morgan fingerprint density at radius 3 is 3.00 bits per heavy atom. The highest BCUT2D eigenvalue weighted by atomic mass is 15.5. The molecule has 0 amide bonds. The van der Waals surface area contributed by atoms with Crippen LogP contribution in [0.25, 0.3) is 5.82 Å². The molecule has 0 fully saturated rings. The van der Waals surface area contributed by atoms with Crippen molar-refractivity contribution in [2.75, 3.05) is 12.1 Å². The molecule has 2 rings (SSSR count). The molecule has 0 saturated heterocycles. The summed E-state index contributed by atoms with van der Waals surface area (Å²) in [5.41, 5.74) is 0. The molecule has 0 radical (unpaired) electrons. The number of pyridine rings is 1. The average Bonchev–Trinajstić information content (AvgIpc) is 2.90. The molecule has 0 aliphatic heterocycles. The van der Waals surface area contributed by atoms with Crippen LogP contribution in [-0.4, -0.2) is 28.0 Å². The van der Waals surface area contributed by atoms with Crippen molar-refractivity contribution in [3.63, 3.8) is 0 Å². The summed E-state index contributed by atoms with van der Waals surface area (Å²) in [6.45, 7) is 3.57. The zero-order valence-electron chi connectivity index (χ0n) is 9.56. The lowest BCUT2D eigenvalue weighted by molar-refractivity contribution is 0.838. The molecule has 0 N–H and O–H groups in total. The maximum Gasteiger partial charge on any atom is 0.155 e. The van der Waals surface area contributed by atoms with Gasteiger partial charge in [-0.15, -0.1) is 0 Å². The van der Waals surface area contributed by atoms with Crippen LogP contribution in [0.1, 0.15) is 0 Å². The van der Waals surface area contributed by atoms with E-state index in [1.54, 1.807) is 28.2 Å². The first-order chi connectivity index (χ1) is 8.31. The van der Waals surface area contributed by atoms with Crippen molar-refractivity contribution in [3.8, 4) is 5.82 Å². The Morgan fingerprint density at radius 1 is 1.41 bits per heavy atom. The van der Waals surface area contributed by atoms with Crippen LogP contribution in [0.5, 0.6) is 0 Å². The summed E-state index contributed by atoms with van der Waals surface area (Å²) >= 11 is 0. The quantitative estimate of drug-likeness (QED) is 0.591. The predicted molar refractivity (Wildman–Crippen MR) is 68.5 cm³/mol. The van der Waals surface area contributed by atoms with Crippen LogP contribution in [-0.2, 0) is 0 Å². The standard InChI is InChI=1S/C12H13N5/c1-3-8-13-16(2)11-6-4-7-12(15-11)17-10-5-9-14-17/h3-10H,1H2,2H3/b13-8-. The zero-order chi connectivity index (χ0) is 12.1. The maximum atomic E-state index is 4.45. The summed E-state index contributed by atoms with van der Waals surface area (Å²) in [4.78, 5) is 4.45. The van der Waals surface area contributed by atoms with Crippen LogP contribution < -0.4 is 5.01 Å². The van der Waals surface area contributed by atoms with E-state index in [2.05, 4.69) is 21.8 Å². The van der Waals surface area contributed by atoms with Gasteiger partial charge in [0.1, 0.15) is 0 Å². The van der Waals surface area contributed by atoms with Gasteiger partial charge in [-0.1, -0.05) is 12.6 Å². The fraction of sp³-hybridized carbons (Fsp3) is 0.0833. The largest absolute Gasteiger partial charge is 0.251 e. The lowest BCUT2D eigenvalue weighted by Crippen LogP contribution is -2.11. The smallest absolute Gasteiger partial charge is 0.155 e. The second-order valence-corrected chi connectivity index (χ2v) is 3.33. The van der Waals surface area contributed by atoms with Crippen LogP contribution in [0.3, 0.4) is 0 Å². The first-order valence-corrected chi connectivity index (χ1v) is 5.17. The number of allylic oxidation sites excluding steroid dienone is 1. The number of aromatic nitrogens is 3. The minimum Gasteiger partial charge on any atom is -0.251 e. The number of anilines is 1. The van der Waals surface area contributed by atoms with E-state index in [-0.39, 0.29) is 0 Å². The van der Waals surface area contributed by atoms with Gasteiger partial charge in [0, 0.05) is 25.7 Å². The van der Waals surface area contributed by atoms with Crippen molar-refractivity contribution in [1.82, 2.24) is 14.8 Å². The molecule has 0 atom stereocenters. The Balaban J connectivity index is 2.28. The fourth-order valence-corrected chi connectivity index (χ4v) is 1.33. The molecule has 0 aliphatic carbocycles. The summed E-state index contributed by atoms with van der Waals surface area (Å²) in [6.07, 6.45) is 6.79. The third kappa shape index (κ3) is 2.57. The molecule has 0 aromatic carbocycles. The predicted octanol–water partition coefficient (Wildman–Crippen LogP) is 1.88. The van der Waals surface area contributed by atoms with E-state index in [0.717, 1.165) is 11.6 Å². The SMILES string of the molecule is C=C/C=N\N(C)c1cccc(-n2cccn2)n1. The van der Waals surface area contributed by atoms with E-state index in [0.29, 0.717) is 0 Å². The maximum absolute atomic E-state index is 4.45. The molecule has 5 nitrogen and oxygen atoms in total. The highest BCUT2D eigenvalue weighted by Gasteiger charge is 2.02. The number of rotatable bonds is 4. The van der Waals surface area contributed by atoms with Crippen LogP contribution in [0, 0.1) is 0 Å². The summed E-state index contributed by atoms with van der Waals surface area (Å²) in [7, 11) is 1.83. The Kier molecular flexibility index (Phi) is 3.30. The van der Waals surface area contributed by atoms with Crippen molar-refractivity contribution < 1.29 is 0 Å². The summed E-state index contributed by atoms with van der Waals surface area (Å²) < 4.78 is 1.70. The molecule has 17 heavy (non-hydrogen) atoms. The molecular weight excluding hydrogens is 214 g/mol. The second kappa shape index (κ2) is 5.07. The Hall–Kier alpha value is -2.43. The molecule has 2 heterocycles. The van der Waals surface area contributed by atoms with Gasteiger partial charge in [0.25, 0.3) is 0 Å². The normalized spacial score (nSPS) is 10.6. The molecule has 86 valence electrons. The summed E-state index contributed by atoms with van der Waals surface area (Å²) in [6, 6.07) is 7.54. The van der Waals surface area contributed by atoms with Gasteiger partial charge in [-0.25, -0.2) is 9.67 Å². The van der Waals surface area contributed by atoms with Crippen molar-refractivity contribution in [1.29, 1.82) is 0 Å². The van der Waals surface area contributed by atoms with Gasteiger partial charge in [0.2, 0.25) is 0 Å². The first-order valence-electron chi connectivity index (χ1n) is 5.17. The third-order valence-electron chi connectivity index (χ3n) is 2.14. The van der Waals surface area contributed by atoms with Crippen molar-refractivity contribution in [3.05, 3.63) is 49.3 Å². The van der Waals surface area contributed by atoms with E-state index < -0.39 is 0 Å². The average molecular weight is 227 g/mol. The van der Waals surface area contributed by atoms with Gasteiger partial charge in [-0.2, -0.15) is 10.2 Å². The highest BCUT2D eigenvalue weighted by molar-refractivity contribution is 5.71. The number of hydrogen-bond donors (Lipinski definition) is 0. The fourth-order valence-electron chi connectivity index (χ4n) is 1.33. The Labute approximate surface area is 99.7 Å². The van der Waals surface area contributed by atoms with Crippen molar-refractivity contribution in [2.45, 2.75) is 0 Å². The highest BCUT2D eigenvalue weighted by Crippen LogP contribution is 2.12. The number of hydrogen-bond acceptors (Lipinski definition) is 4. The molecular formula is C12H13N5. The van der Waals surface area contributed by atoms with Crippen molar-refractivity contribution in [2.24, 2.45) is 5.10 Å². The third-order valence-corrected chi connectivity index (χ3v) is 2.14. The van der Waals surface area contributed by atoms with E-state index in [9.17, 15) is 0 Å². The van der Waals surface area contributed by atoms with Crippen LogP contribution >= 0.6 is 0 Å². The molecule has 0 unspecified atom stereocenters.